The second-order valence-corrected chi connectivity index (χ2v) is 6.84. The van der Waals surface area contributed by atoms with Crippen molar-refractivity contribution in [3.8, 4) is 6.07 Å². The van der Waals surface area contributed by atoms with Crippen LogP contribution in [0.3, 0.4) is 0 Å². The van der Waals surface area contributed by atoms with E-state index in [1.165, 1.54) is 0 Å². The molecule has 2 saturated heterocycles. The lowest BCUT2D eigenvalue weighted by molar-refractivity contribution is -0.123. The molecule has 25 heavy (non-hydrogen) atoms. The van der Waals surface area contributed by atoms with Crippen LogP contribution >= 0.6 is 0 Å². The van der Waals surface area contributed by atoms with E-state index in [-0.39, 0.29) is 11.9 Å². The Morgan fingerprint density at radius 3 is 2.76 bits per heavy atom. The molecule has 4 rings (SSSR count). The number of amides is 1. The lowest BCUT2D eigenvalue weighted by Crippen LogP contribution is -2.50. The Bertz CT molecular complexity index is 830. The summed E-state index contributed by atoms with van der Waals surface area (Å²) in [6.45, 7) is 2.63. The second-order valence-electron chi connectivity index (χ2n) is 6.84. The first-order valence-corrected chi connectivity index (χ1v) is 8.86. The Morgan fingerprint density at radius 1 is 1.24 bits per heavy atom. The number of hydrogen-bond acceptors (Lipinski definition) is 5. The summed E-state index contributed by atoms with van der Waals surface area (Å²) in [5.41, 5.74) is 6.94. The molecule has 0 spiro atoms. The zero-order valence-corrected chi connectivity index (χ0v) is 14.1. The number of primary amides is 1. The van der Waals surface area contributed by atoms with Crippen molar-refractivity contribution in [3.05, 3.63) is 30.1 Å². The highest BCUT2D eigenvalue weighted by Gasteiger charge is 2.36. The van der Waals surface area contributed by atoms with Crippen LogP contribution in [0, 0.1) is 11.3 Å². The van der Waals surface area contributed by atoms with E-state index in [9.17, 15) is 10.1 Å². The number of anilines is 1. The molecule has 2 aromatic rings. The molecule has 2 aromatic heterocycles. The van der Waals surface area contributed by atoms with E-state index in [2.05, 4.69) is 20.9 Å². The summed E-state index contributed by atoms with van der Waals surface area (Å²) in [5, 5.41) is 9.56. The van der Waals surface area contributed by atoms with Crippen LogP contribution < -0.4 is 10.6 Å². The highest BCUT2D eigenvalue weighted by Crippen LogP contribution is 2.29. The van der Waals surface area contributed by atoms with Crippen molar-refractivity contribution in [2.75, 3.05) is 24.5 Å². The Morgan fingerprint density at radius 2 is 2.04 bits per heavy atom. The smallest absolute Gasteiger partial charge is 0.234 e. The van der Waals surface area contributed by atoms with Gasteiger partial charge in [0.1, 0.15) is 11.7 Å². The Hall–Kier alpha value is -2.59. The molecule has 7 heteroatoms. The molecule has 0 saturated carbocycles. The first-order valence-electron chi connectivity index (χ1n) is 8.86. The van der Waals surface area contributed by atoms with Gasteiger partial charge in [0.2, 0.25) is 5.91 Å². The van der Waals surface area contributed by atoms with Gasteiger partial charge in [-0.2, -0.15) is 5.26 Å². The van der Waals surface area contributed by atoms with Gasteiger partial charge in [-0.15, -0.1) is 0 Å². The monoisotopic (exact) mass is 338 g/mol. The quantitative estimate of drug-likeness (QED) is 0.906. The minimum atomic E-state index is -0.202. The number of nitrogens with two attached hydrogens (primary N) is 1. The van der Waals surface area contributed by atoms with Gasteiger partial charge in [0.25, 0.3) is 0 Å². The number of pyridine rings is 1. The number of aromatic nitrogens is 2. The molecular weight excluding hydrogens is 316 g/mol. The van der Waals surface area contributed by atoms with Crippen molar-refractivity contribution in [2.45, 2.75) is 37.8 Å². The molecule has 0 unspecified atom stereocenters. The SMILES string of the molecule is N#Cc1c(N2CCC(N3CCC[C@@H]3C(N)=O)CC2)nc2ccccn12. The molecule has 0 aromatic carbocycles. The summed E-state index contributed by atoms with van der Waals surface area (Å²) in [7, 11) is 0. The van der Waals surface area contributed by atoms with Gasteiger partial charge < -0.3 is 10.6 Å². The Labute approximate surface area is 146 Å². The molecular formula is C18H22N6O. The minimum Gasteiger partial charge on any atom is -0.368 e. The highest BCUT2D eigenvalue weighted by atomic mass is 16.1. The van der Waals surface area contributed by atoms with Crippen LogP contribution in [0.4, 0.5) is 5.82 Å². The molecule has 7 nitrogen and oxygen atoms in total. The normalized spacial score (nSPS) is 22.4. The van der Waals surface area contributed by atoms with Gasteiger partial charge in [-0.1, -0.05) is 6.07 Å². The zero-order chi connectivity index (χ0) is 17.4. The van der Waals surface area contributed by atoms with Gasteiger partial charge in [-0.25, -0.2) is 4.98 Å². The summed E-state index contributed by atoms with van der Waals surface area (Å²) in [6, 6.07) is 8.32. The van der Waals surface area contributed by atoms with Crippen LogP contribution in [0.15, 0.2) is 24.4 Å². The van der Waals surface area contributed by atoms with Gasteiger partial charge in [0.15, 0.2) is 11.5 Å². The number of rotatable bonds is 3. The van der Waals surface area contributed by atoms with Gasteiger partial charge in [0, 0.05) is 25.3 Å². The fourth-order valence-corrected chi connectivity index (χ4v) is 4.25. The van der Waals surface area contributed by atoms with Crippen LogP contribution in [0.2, 0.25) is 0 Å². The summed E-state index contributed by atoms with van der Waals surface area (Å²) >= 11 is 0. The molecule has 1 atom stereocenters. The maximum Gasteiger partial charge on any atom is 0.234 e. The molecule has 0 aliphatic carbocycles. The number of imidazole rings is 1. The first-order chi connectivity index (χ1) is 12.2. The number of nitrogens with zero attached hydrogens (tertiary/aromatic N) is 5. The molecule has 0 radical (unpaired) electrons. The van der Waals surface area contributed by atoms with Crippen LogP contribution in [0.5, 0.6) is 0 Å². The van der Waals surface area contributed by atoms with Gasteiger partial charge in [-0.3, -0.25) is 14.1 Å². The molecule has 2 aliphatic heterocycles. The third-order valence-electron chi connectivity index (χ3n) is 5.47. The fourth-order valence-electron chi connectivity index (χ4n) is 4.25. The Balaban J connectivity index is 1.51. The van der Waals surface area contributed by atoms with E-state index < -0.39 is 0 Å². The standard InChI is InChI=1S/C18H22N6O/c19-12-15-18(21-16-5-1-2-8-24(15)16)22-10-6-13(7-11-22)23-9-3-4-14(23)17(20)25/h1-2,5,8,13-14H,3-4,6-7,9-11H2,(H2,20,25)/t14-/m1/s1. The van der Waals surface area contributed by atoms with Crippen molar-refractivity contribution >= 4 is 17.4 Å². The van der Waals surface area contributed by atoms with E-state index in [1.54, 1.807) is 0 Å². The summed E-state index contributed by atoms with van der Waals surface area (Å²) in [5.74, 6) is 0.562. The first kappa shape index (κ1) is 15.9. The van der Waals surface area contributed by atoms with Gasteiger partial charge in [-0.05, 0) is 44.4 Å². The maximum absolute atomic E-state index is 11.6. The van der Waals surface area contributed by atoms with Crippen LogP contribution in [-0.2, 0) is 4.79 Å². The number of carbonyl (C=O) groups is 1. The molecule has 2 aliphatic rings. The van der Waals surface area contributed by atoms with Crippen LogP contribution in [0.1, 0.15) is 31.4 Å². The van der Waals surface area contributed by atoms with E-state index in [4.69, 9.17) is 5.73 Å². The van der Waals surface area contributed by atoms with Gasteiger partial charge in [0.05, 0.1) is 6.04 Å². The van der Waals surface area contributed by atoms with Crippen molar-refractivity contribution in [3.63, 3.8) is 0 Å². The van der Waals surface area contributed by atoms with Crippen molar-refractivity contribution in [1.29, 1.82) is 5.26 Å². The third kappa shape index (κ3) is 2.72. The Kier molecular flexibility index (Phi) is 4.06. The summed E-state index contributed by atoms with van der Waals surface area (Å²) in [4.78, 5) is 20.8. The largest absolute Gasteiger partial charge is 0.368 e. The minimum absolute atomic E-state index is 0.110. The molecule has 2 N–H and O–H groups in total. The van der Waals surface area contributed by atoms with E-state index in [0.29, 0.717) is 11.7 Å². The number of carbonyl (C=O) groups excluding carboxylic acids is 1. The number of likely N-dealkylation sites (tertiary alicyclic amines) is 1. The molecule has 1 amide bonds. The summed E-state index contributed by atoms with van der Waals surface area (Å²) in [6.07, 6.45) is 5.71. The number of hydrogen-bond donors (Lipinski definition) is 1. The molecule has 4 heterocycles. The predicted molar refractivity (Wildman–Crippen MR) is 94.1 cm³/mol. The van der Waals surface area contributed by atoms with E-state index >= 15 is 0 Å². The topological polar surface area (TPSA) is 90.7 Å². The zero-order valence-electron chi connectivity index (χ0n) is 14.1. The average Bonchev–Trinajstić information content (AvgIpc) is 3.26. The maximum atomic E-state index is 11.6. The molecule has 0 bridgehead atoms. The predicted octanol–water partition coefficient (Wildman–Crippen LogP) is 1.12. The van der Waals surface area contributed by atoms with Gasteiger partial charge >= 0.3 is 0 Å². The van der Waals surface area contributed by atoms with Crippen LogP contribution in [0.25, 0.3) is 5.65 Å². The van der Waals surface area contributed by atoms with Crippen LogP contribution in [-0.4, -0.2) is 51.9 Å². The second kappa shape index (κ2) is 6.37. The lowest BCUT2D eigenvalue weighted by Gasteiger charge is -2.38. The van der Waals surface area contributed by atoms with E-state index in [0.717, 1.165) is 56.8 Å². The number of nitriles is 1. The summed E-state index contributed by atoms with van der Waals surface area (Å²) < 4.78 is 1.84. The highest BCUT2D eigenvalue weighted by molar-refractivity contribution is 5.80. The lowest BCUT2D eigenvalue weighted by atomic mass is 10.0. The fraction of sp³-hybridized carbons (Fsp3) is 0.500. The van der Waals surface area contributed by atoms with E-state index in [1.807, 2.05) is 28.8 Å². The van der Waals surface area contributed by atoms with Crippen molar-refractivity contribution in [2.24, 2.45) is 5.73 Å². The molecule has 2 fully saturated rings. The van der Waals surface area contributed by atoms with Crippen molar-refractivity contribution in [1.82, 2.24) is 14.3 Å². The van der Waals surface area contributed by atoms with Crippen molar-refractivity contribution < 1.29 is 4.79 Å². The number of fused-ring (bicyclic) bond motifs is 1. The average molecular weight is 338 g/mol. The number of piperidine rings is 1. The molecule has 130 valence electrons. The third-order valence-corrected chi connectivity index (χ3v) is 5.47.